The molecule has 3 rings (SSSR count). The second-order valence-electron chi connectivity index (χ2n) is 5.53. The maximum atomic E-state index is 12.5. The van der Waals surface area contributed by atoms with Crippen molar-refractivity contribution in [3.63, 3.8) is 0 Å². The molecule has 1 fully saturated rings. The van der Waals surface area contributed by atoms with Crippen LogP contribution in [0.25, 0.3) is 0 Å². The normalized spacial score (nSPS) is 17.5. The van der Waals surface area contributed by atoms with Gasteiger partial charge in [0.05, 0.1) is 12.6 Å². The molecule has 1 aliphatic rings. The van der Waals surface area contributed by atoms with Crippen molar-refractivity contribution >= 4 is 17.7 Å². The molecule has 4 nitrogen and oxygen atoms in total. The maximum Gasteiger partial charge on any atom is 0.252 e. The first kappa shape index (κ1) is 15.9. The lowest BCUT2D eigenvalue weighted by Gasteiger charge is -2.17. The number of thioether (sulfide) groups is 1. The molecule has 0 unspecified atom stereocenters. The molecule has 120 valence electrons. The molecule has 0 aliphatic carbocycles. The highest BCUT2D eigenvalue weighted by Crippen LogP contribution is 2.25. The van der Waals surface area contributed by atoms with Gasteiger partial charge in [0.2, 0.25) is 0 Å². The first-order valence-electron chi connectivity index (χ1n) is 7.54. The van der Waals surface area contributed by atoms with Gasteiger partial charge < -0.3 is 15.2 Å². The lowest BCUT2D eigenvalue weighted by Crippen LogP contribution is -2.41. The molecule has 1 heterocycles. The van der Waals surface area contributed by atoms with Gasteiger partial charge in [-0.05, 0) is 31.2 Å². The number of hydrogen-bond acceptors (Lipinski definition) is 4. The molecule has 0 aromatic heterocycles. The fourth-order valence-electron chi connectivity index (χ4n) is 2.35. The Kier molecular flexibility index (Phi) is 4.88. The molecule has 1 amide bonds. The minimum Gasteiger partial charge on any atom is -0.508 e. The summed E-state index contributed by atoms with van der Waals surface area (Å²) in [7, 11) is 0. The minimum absolute atomic E-state index is 0.0468. The summed E-state index contributed by atoms with van der Waals surface area (Å²) in [5, 5.41) is 12.8. The maximum absolute atomic E-state index is 12.5. The van der Waals surface area contributed by atoms with Gasteiger partial charge in [-0.15, -0.1) is 11.8 Å². The van der Waals surface area contributed by atoms with Gasteiger partial charge >= 0.3 is 0 Å². The van der Waals surface area contributed by atoms with Crippen molar-refractivity contribution in [3.05, 3.63) is 59.7 Å². The van der Waals surface area contributed by atoms with Gasteiger partial charge in [-0.2, -0.15) is 0 Å². The van der Waals surface area contributed by atoms with Crippen molar-refractivity contribution in [2.24, 2.45) is 0 Å². The van der Waals surface area contributed by atoms with Crippen molar-refractivity contribution < 1.29 is 14.6 Å². The van der Waals surface area contributed by atoms with Gasteiger partial charge in [0.15, 0.2) is 0 Å². The minimum atomic E-state index is -0.174. The van der Waals surface area contributed by atoms with Crippen LogP contribution in [0.15, 0.2) is 53.4 Å². The van der Waals surface area contributed by atoms with Crippen LogP contribution in [0.3, 0.4) is 0 Å². The average molecular weight is 329 g/mol. The summed E-state index contributed by atoms with van der Waals surface area (Å²) in [5.41, 5.74) is 1.09. The largest absolute Gasteiger partial charge is 0.508 e. The smallest absolute Gasteiger partial charge is 0.252 e. The van der Waals surface area contributed by atoms with Crippen LogP contribution in [0, 0.1) is 6.92 Å². The highest BCUT2D eigenvalue weighted by atomic mass is 32.2. The van der Waals surface area contributed by atoms with Crippen LogP contribution in [0.5, 0.6) is 5.75 Å². The molecule has 0 radical (unpaired) electrons. The van der Waals surface area contributed by atoms with E-state index in [1.807, 2.05) is 18.2 Å². The Labute approximate surface area is 139 Å². The van der Waals surface area contributed by atoms with Crippen LogP contribution in [0.4, 0.5) is 0 Å². The third-order valence-electron chi connectivity index (χ3n) is 3.85. The third-order valence-corrected chi connectivity index (χ3v) is 4.98. The summed E-state index contributed by atoms with van der Waals surface area (Å²) >= 11 is 1.70. The summed E-state index contributed by atoms with van der Waals surface area (Å²) in [4.78, 5) is 13.7. The van der Waals surface area contributed by atoms with Crippen LogP contribution in [-0.4, -0.2) is 35.5 Å². The van der Waals surface area contributed by atoms with Crippen LogP contribution < -0.4 is 5.32 Å². The molecule has 2 aromatic rings. The highest BCUT2D eigenvalue weighted by Gasteiger charge is 2.34. The third kappa shape index (κ3) is 4.06. The molecule has 5 heteroatoms. The zero-order chi connectivity index (χ0) is 16.2. The van der Waals surface area contributed by atoms with Crippen LogP contribution in [-0.2, 0) is 4.74 Å². The van der Waals surface area contributed by atoms with E-state index >= 15 is 0 Å². The molecule has 0 spiro atoms. The Hall–Kier alpha value is -1.98. The van der Waals surface area contributed by atoms with E-state index in [2.05, 4.69) is 17.4 Å². The van der Waals surface area contributed by atoms with E-state index in [9.17, 15) is 9.90 Å². The second kappa shape index (κ2) is 7.06. The van der Waals surface area contributed by atoms with Crippen molar-refractivity contribution in [1.82, 2.24) is 5.32 Å². The number of amides is 1. The molecule has 1 saturated heterocycles. The van der Waals surface area contributed by atoms with Crippen LogP contribution in [0.2, 0.25) is 0 Å². The standard InChI is InChI=1S/C18H19NO3S/c1-12-14(8-5-9-16(12)20)18(21)19-15(17-10-22-17)11-23-13-6-3-2-4-7-13/h2-9,15,17,20H,10-11H2,1H3,(H,19,21)/t15-,17-/m1/s1. The van der Waals surface area contributed by atoms with Gasteiger partial charge in [0.25, 0.3) is 5.91 Å². The highest BCUT2D eigenvalue weighted by molar-refractivity contribution is 7.99. The molecule has 0 saturated carbocycles. The fourth-order valence-corrected chi connectivity index (χ4v) is 3.37. The first-order valence-corrected chi connectivity index (χ1v) is 8.52. The number of aromatic hydroxyl groups is 1. The number of nitrogens with one attached hydrogen (secondary N) is 1. The number of epoxide rings is 1. The summed E-state index contributed by atoms with van der Waals surface area (Å²) < 4.78 is 5.37. The van der Waals surface area contributed by atoms with E-state index in [1.54, 1.807) is 36.9 Å². The number of carbonyl (C=O) groups excluding carboxylic acids is 1. The van der Waals surface area contributed by atoms with Crippen molar-refractivity contribution in [2.75, 3.05) is 12.4 Å². The molecule has 23 heavy (non-hydrogen) atoms. The van der Waals surface area contributed by atoms with E-state index in [0.29, 0.717) is 17.7 Å². The Balaban J connectivity index is 1.65. The van der Waals surface area contributed by atoms with E-state index in [4.69, 9.17) is 4.74 Å². The summed E-state index contributed by atoms with van der Waals surface area (Å²) in [6, 6.07) is 15.0. The SMILES string of the molecule is Cc1c(O)cccc1C(=O)N[C@H](CSc1ccccc1)[C@H]1CO1. The number of rotatable bonds is 6. The van der Waals surface area contributed by atoms with Gasteiger partial charge in [-0.3, -0.25) is 4.79 Å². The number of hydrogen-bond donors (Lipinski definition) is 2. The second-order valence-corrected chi connectivity index (χ2v) is 6.62. The lowest BCUT2D eigenvalue weighted by atomic mass is 10.1. The van der Waals surface area contributed by atoms with Crippen LogP contribution in [0.1, 0.15) is 15.9 Å². The molecular weight excluding hydrogens is 310 g/mol. The van der Waals surface area contributed by atoms with E-state index in [0.717, 1.165) is 5.75 Å². The topological polar surface area (TPSA) is 61.9 Å². The van der Waals surface area contributed by atoms with Gasteiger partial charge in [0, 0.05) is 21.8 Å². The molecular formula is C18H19NO3S. The lowest BCUT2D eigenvalue weighted by molar-refractivity contribution is 0.0933. The summed E-state index contributed by atoms with van der Waals surface area (Å²) in [6.07, 6.45) is 0.0766. The number of carbonyl (C=O) groups is 1. The predicted octanol–water partition coefficient (Wildman–Crippen LogP) is 2.99. The zero-order valence-electron chi connectivity index (χ0n) is 12.9. The first-order chi connectivity index (χ1) is 11.1. The van der Waals surface area contributed by atoms with Gasteiger partial charge in [0.1, 0.15) is 11.9 Å². The van der Waals surface area contributed by atoms with Crippen LogP contribution >= 0.6 is 11.8 Å². The molecule has 2 atom stereocenters. The Bertz CT molecular complexity index is 686. The number of ether oxygens (including phenoxy) is 1. The van der Waals surface area contributed by atoms with Gasteiger partial charge in [-0.25, -0.2) is 0 Å². The molecule has 2 aromatic carbocycles. The van der Waals surface area contributed by atoms with Gasteiger partial charge in [-0.1, -0.05) is 24.3 Å². The Morgan fingerprint density at radius 2 is 2.04 bits per heavy atom. The monoisotopic (exact) mass is 329 g/mol. The van der Waals surface area contributed by atoms with E-state index in [1.165, 1.54) is 4.90 Å². The number of benzene rings is 2. The quantitative estimate of drug-likeness (QED) is 0.632. The summed E-state index contributed by atoms with van der Waals surface area (Å²) in [5.74, 6) is 0.709. The predicted molar refractivity (Wildman–Crippen MR) is 91.0 cm³/mol. The zero-order valence-corrected chi connectivity index (χ0v) is 13.7. The van der Waals surface area contributed by atoms with Crippen molar-refractivity contribution in [3.8, 4) is 5.75 Å². The Morgan fingerprint density at radius 1 is 1.30 bits per heavy atom. The average Bonchev–Trinajstić information content (AvgIpc) is 3.39. The number of phenolic OH excluding ortho intramolecular Hbond substituents is 1. The number of phenols is 1. The molecule has 1 aliphatic heterocycles. The van der Waals surface area contributed by atoms with E-state index in [-0.39, 0.29) is 23.8 Å². The van der Waals surface area contributed by atoms with E-state index < -0.39 is 0 Å². The van der Waals surface area contributed by atoms with Crippen molar-refractivity contribution in [2.45, 2.75) is 24.0 Å². The molecule has 0 bridgehead atoms. The van der Waals surface area contributed by atoms with Crippen molar-refractivity contribution in [1.29, 1.82) is 0 Å². The fraction of sp³-hybridized carbons (Fsp3) is 0.278. The summed E-state index contributed by atoms with van der Waals surface area (Å²) in [6.45, 7) is 2.42. The molecule has 2 N–H and O–H groups in total. The Morgan fingerprint density at radius 3 is 2.74 bits per heavy atom.